The Morgan fingerprint density at radius 1 is 1.14 bits per heavy atom. The zero-order valence-electron chi connectivity index (χ0n) is 15.9. The van der Waals surface area contributed by atoms with Crippen LogP contribution >= 0.6 is 11.8 Å². The number of benzene rings is 2. The highest BCUT2D eigenvalue weighted by Crippen LogP contribution is 2.25. The Labute approximate surface area is 173 Å². The smallest absolute Gasteiger partial charge is 0.276 e. The predicted molar refractivity (Wildman–Crippen MR) is 116 cm³/mol. The molecule has 2 aliphatic heterocycles. The fourth-order valence-electron chi connectivity index (χ4n) is 3.07. The van der Waals surface area contributed by atoms with Crippen LogP contribution in [-0.2, 0) is 16.0 Å². The highest BCUT2D eigenvalue weighted by Gasteiger charge is 2.38. The lowest BCUT2D eigenvalue weighted by Gasteiger charge is -2.31. The maximum absolute atomic E-state index is 12.8. The molecule has 2 aromatic rings. The molecule has 1 atom stereocenters. The van der Waals surface area contributed by atoms with E-state index < -0.39 is 6.17 Å². The quantitative estimate of drug-likeness (QED) is 0.797. The summed E-state index contributed by atoms with van der Waals surface area (Å²) in [5, 5.41) is 7.70. The molecule has 2 amide bonds. The van der Waals surface area contributed by atoms with E-state index in [4.69, 9.17) is 0 Å². The van der Waals surface area contributed by atoms with E-state index in [1.54, 1.807) is 22.2 Å². The second-order valence-corrected chi connectivity index (χ2v) is 7.51. The number of hydrogen-bond donors (Lipinski definition) is 2. The fraction of sp³-hybridized carbons (Fsp3) is 0.190. The zero-order valence-corrected chi connectivity index (χ0v) is 16.7. The first kappa shape index (κ1) is 19.1. The van der Waals surface area contributed by atoms with E-state index in [1.807, 2.05) is 54.6 Å². The van der Waals surface area contributed by atoms with E-state index in [0.717, 1.165) is 17.8 Å². The Morgan fingerprint density at radius 3 is 2.62 bits per heavy atom. The van der Waals surface area contributed by atoms with Crippen molar-refractivity contribution in [3.63, 3.8) is 0 Å². The molecule has 2 aliphatic rings. The van der Waals surface area contributed by atoms with Crippen molar-refractivity contribution in [3.8, 4) is 0 Å². The van der Waals surface area contributed by atoms with Crippen LogP contribution in [0.1, 0.15) is 12.5 Å². The van der Waals surface area contributed by atoms with Gasteiger partial charge in [-0.15, -0.1) is 0 Å². The van der Waals surface area contributed by atoms with Crippen molar-refractivity contribution in [1.82, 2.24) is 10.3 Å². The molecule has 7 nitrogen and oxygen atoms in total. The molecule has 0 spiro atoms. The van der Waals surface area contributed by atoms with Crippen LogP contribution in [-0.4, -0.2) is 33.8 Å². The van der Waals surface area contributed by atoms with Crippen LogP contribution in [0.15, 0.2) is 72.1 Å². The lowest BCUT2D eigenvalue weighted by Crippen LogP contribution is -2.52. The number of fused-ring (bicyclic) bond motifs is 1. The minimum atomic E-state index is -0.604. The molecule has 0 aromatic heterocycles. The summed E-state index contributed by atoms with van der Waals surface area (Å²) in [7, 11) is 0. The van der Waals surface area contributed by atoms with Gasteiger partial charge in [0, 0.05) is 23.8 Å². The SMILES string of the molecule is CCc1ccc(NC(=O)CSC2=NNC3C(=O)N(c4ccccc4)C=CN23)cc1. The minimum absolute atomic E-state index is 0.122. The molecular weight excluding hydrogens is 386 g/mol. The first-order valence-corrected chi connectivity index (χ1v) is 10.3. The molecular formula is C21H21N5O2S. The number of carbonyl (C=O) groups excluding carboxylic acids is 2. The Morgan fingerprint density at radius 2 is 1.90 bits per heavy atom. The van der Waals surface area contributed by atoms with Crippen LogP contribution in [0.25, 0.3) is 0 Å². The molecule has 4 rings (SSSR count). The number of hydrogen-bond acceptors (Lipinski definition) is 6. The molecule has 2 aromatic carbocycles. The number of carbonyl (C=O) groups is 2. The highest BCUT2D eigenvalue weighted by atomic mass is 32.2. The fourth-order valence-corrected chi connectivity index (χ4v) is 3.84. The normalized spacial score (nSPS) is 17.6. The molecule has 0 saturated carbocycles. The van der Waals surface area contributed by atoms with E-state index in [-0.39, 0.29) is 17.6 Å². The first-order chi connectivity index (χ1) is 14.2. The number of anilines is 2. The molecule has 29 heavy (non-hydrogen) atoms. The van der Waals surface area contributed by atoms with E-state index >= 15 is 0 Å². The third-order valence-corrected chi connectivity index (χ3v) is 5.61. The predicted octanol–water partition coefficient (Wildman–Crippen LogP) is 2.94. The summed E-state index contributed by atoms with van der Waals surface area (Å²) in [6.07, 6.45) is 3.87. The molecule has 148 valence electrons. The summed E-state index contributed by atoms with van der Waals surface area (Å²) in [5.74, 6) is -0.0499. The van der Waals surface area contributed by atoms with Gasteiger partial charge in [0.15, 0.2) is 5.17 Å². The maximum atomic E-state index is 12.8. The molecule has 1 unspecified atom stereocenters. The van der Waals surface area contributed by atoms with Crippen LogP contribution in [0.3, 0.4) is 0 Å². The molecule has 0 fully saturated rings. The van der Waals surface area contributed by atoms with Crippen molar-refractivity contribution >= 4 is 40.1 Å². The molecule has 8 heteroatoms. The summed E-state index contributed by atoms with van der Waals surface area (Å²) in [4.78, 5) is 28.4. The van der Waals surface area contributed by atoms with Gasteiger partial charge in [0.25, 0.3) is 5.91 Å². The van der Waals surface area contributed by atoms with Crippen LogP contribution < -0.4 is 15.6 Å². The number of nitrogens with zero attached hydrogens (tertiary/aromatic N) is 3. The van der Waals surface area contributed by atoms with Crippen molar-refractivity contribution in [1.29, 1.82) is 0 Å². The average Bonchev–Trinajstić information content (AvgIpc) is 3.18. The van der Waals surface area contributed by atoms with Crippen LogP contribution in [0.2, 0.25) is 0 Å². The molecule has 0 saturated heterocycles. The zero-order chi connectivity index (χ0) is 20.2. The number of para-hydroxylation sites is 1. The summed E-state index contributed by atoms with van der Waals surface area (Å²) in [6, 6.07) is 17.2. The summed E-state index contributed by atoms with van der Waals surface area (Å²) >= 11 is 1.28. The van der Waals surface area contributed by atoms with Gasteiger partial charge in [-0.1, -0.05) is 49.0 Å². The Hall–Kier alpha value is -3.26. The van der Waals surface area contributed by atoms with Crippen LogP contribution in [0, 0.1) is 0 Å². The van der Waals surface area contributed by atoms with Gasteiger partial charge in [-0.2, -0.15) is 5.10 Å². The Balaban J connectivity index is 1.35. The molecule has 0 aliphatic carbocycles. The second-order valence-electron chi connectivity index (χ2n) is 6.56. The van der Waals surface area contributed by atoms with E-state index in [9.17, 15) is 9.59 Å². The number of amidine groups is 1. The monoisotopic (exact) mass is 407 g/mol. The number of hydrazone groups is 1. The van der Waals surface area contributed by atoms with Crippen molar-refractivity contribution in [2.75, 3.05) is 16.0 Å². The van der Waals surface area contributed by atoms with E-state index in [0.29, 0.717) is 5.17 Å². The summed E-state index contributed by atoms with van der Waals surface area (Å²) in [6.45, 7) is 2.09. The number of nitrogens with one attached hydrogen (secondary N) is 2. The molecule has 0 bridgehead atoms. The lowest BCUT2D eigenvalue weighted by molar-refractivity contribution is -0.122. The third-order valence-electron chi connectivity index (χ3n) is 4.64. The topological polar surface area (TPSA) is 77.0 Å². The van der Waals surface area contributed by atoms with Crippen molar-refractivity contribution in [3.05, 3.63) is 72.6 Å². The van der Waals surface area contributed by atoms with Gasteiger partial charge in [-0.05, 0) is 36.2 Å². The van der Waals surface area contributed by atoms with Gasteiger partial charge in [-0.3, -0.25) is 24.8 Å². The third kappa shape index (κ3) is 4.12. The standard InChI is InChI=1S/C21H21N5O2S/c1-2-15-8-10-16(11-9-15)22-18(27)14-29-21-24-23-19-20(28)25(12-13-26(19)21)17-6-4-3-5-7-17/h3-13,19,23H,2,14H2,1H3,(H,22,27). The van der Waals surface area contributed by atoms with E-state index in [1.165, 1.54) is 17.3 Å². The Bertz CT molecular complexity index is 959. The van der Waals surface area contributed by atoms with Gasteiger partial charge in [0.05, 0.1) is 5.75 Å². The van der Waals surface area contributed by atoms with Gasteiger partial charge in [-0.25, -0.2) is 0 Å². The summed E-state index contributed by atoms with van der Waals surface area (Å²) < 4.78 is 0. The lowest BCUT2D eigenvalue weighted by atomic mass is 10.1. The van der Waals surface area contributed by atoms with Gasteiger partial charge in [0.2, 0.25) is 12.1 Å². The van der Waals surface area contributed by atoms with Crippen LogP contribution in [0.5, 0.6) is 0 Å². The number of rotatable bonds is 5. The number of amides is 2. The molecule has 0 radical (unpaired) electrons. The Kier molecular flexibility index (Phi) is 5.53. The summed E-state index contributed by atoms with van der Waals surface area (Å²) in [5.41, 5.74) is 5.65. The van der Waals surface area contributed by atoms with E-state index in [2.05, 4.69) is 22.8 Å². The molecule has 2 N–H and O–H groups in total. The van der Waals surface area contributed by atoms with Crippen molar-refractivity contribution in [2.45, 2.75) is 19.5 Å². The minimum Gasteiger partial charge on any atom is -0.325 e. The average molecular weight is 407 g/mol. The number of aryl methyl sites for hydroxylation is 1. The van der Waals surface area contributed by atoms with Crippen molar-refractivity contribution < 1.29 is 9.59 Å². The highest BCUT2D eigenvalue weighted by molar-refractivity contribution is 8.14. The first-order valence-electron chi connectivity index (χ1n) is 9.35. The van der Waals surface area contributed by atoms with Crippen molar-refractivity contribution in [2.24, 2.45) is 5.10 Å². The number of thioether (sulfide) groups is 1. The van der Waals surface area contributed by atoms with Gasteiger partial charge < -0.3 is 5.32 Å². The largest absolute Gasteiger partial charge is 0.325 e. The van der Waals surface area contributed by atoms with Crippen LogP contribution in [0.4, 0.5) is 11.4 Å². The second kappa shape index (κ2) is 8.40. The molecule has 2 heterocycles. The van der Waals surface area contributed by atoms with Gasteiger partial charge >= 0.3 is 0 Å². The maximum Gasteiger partial charge on any atom is 0.276 e. The van der Waals surface area contributed by atoms with Gasteiger partial charge in [0.1, 0.15) is 0 Å².